The third-order valence-corrected chi connectivity index (χ3v) is 0.551. The topological polar surface area (TPSA) is 0 Å². The summed E-state index contributed by atoms with van der Waals surface area (Å²) in [6.07, 6.45) is 1.97. The van der Waals surface area contributed by atoms with Crippen molar-refractivity contribution < 1.29 is 0 Å². The van der Waals surface area contributed by atoms with Gasteiger partial charge in [-0.3, -0.25) is 0 Å². The van der Waals surface area contributed by atoms with E-state index >= 15 is 0 Å². The fourth-order valence-corrected chi connectivity index (χ4v) is 0.254. The molecule has 0 aliphatic heterocycles. The first-order valence-electron chi connectivity index (χ1n) is 2.32. The van der Waals surface area contributed by atoms with Crippen molar-refractivity contribution in [2.45, 2.75) is 6.92 Å². The molecular weight excluding hydrogens is 79.3 g/mol. The van der Waals surface area contributed by atoms with E-state index in [-0.39, 0.29) is 0 Å². The van der Waals surface area contributed by atoms with Gasteiger partial charge in [-0.25, -0.2) is 0 Å². The zero-order chi connectivity index (χ0) is 5.54. The summed E-state index contributed by atoms with van der Waals surface area (Å²) in [6, 6.07) is 0. The van der Waals surface area contributed by atoms with E-state index in [2.05, 4.69) is 7.37 Å². The van der Waals surface area contributed by atoms with Crippen molar-refractivity contribution in [3.8, 4) is 0 Å². The van der Waals surface area contributed by atoms with Crippen LogP contribution in [0.3, 0.4) is 0 Å². The molecule has 0 unspecified atom stereocenters. The summed E-state index contributed by atoms with van der Waals surface area (Å²) < 4.78 is 0. The van der Waals surface area contributed by atoms with Crippen molar-refractivity contribution in [3.05, 3.63) is 12.1 Å². The molecule has 0 N–H and O–H groups in total. The second-order valence-electron chi connectivity index (χ2n) is 1.15. The second kappa shape index (κ2) is 6.00. The maximum absolute atomic E-state index is 3.51. The molecule has 0 bridgehead atoms. The average Bonchev–Trinajstić information content (AvgIpc) is 1.69. The number of hydrogen-bond acceptors (Lipinski definition) is 0. The second-order valence-corrected chi connectivity index (χ2v) is 1.15. The summed E-state index contributed by atoms with van der Waals surface area (Å²) in [7, 11) is 3.51. The standard InChI is InChI=1S/C3H6B4/c1-2-3-5-7-6-4/h2-4H,1H3/b3-2+. The van der Waals surface area contributed by atoms with E-state index < -0.39 is 0 Å². The normalized spacial score (nSPS) is 8.00. The van der Waals surface area contributed by atoms with Crippen LogP contribution in [0.4, 0.5) is 0 Å². The quantitative estimate of drug-likeness (QED) is 0.388. The van der Waals surface area contributed by atoms with Gasteiger partial charge in [-0.1, -0.05) is 0 Å². The van der Waals surface area contributed by atoms with Crippen LogP contribution in [0.2, 0.25) is 0 Å². The zero-order valence-corrected chi connectivity index (χ0v) is 4.59. The Balaban J connectivity index is 3.27. The fourth-order valence-electron chi connectivity index (χ4n) is 0.254. The average molecular weight is 85.3 g/mol. The molecule has 0 amide bonds. The Morgan fingerprint density at radius 1 is 1.57 bits per heavy atom. The van der Waals surface area contributed by atoms with Crippen LogP contribution in [0, 0.1) is 0 Å². The van der Waals surface area contributed by atoms with E-state index in [9.17, 15) is 0 Å². The molecular formula is C3H6B4. The fraction of sp³-hybridized carbons (Fsp3) is 0.333. The molecule has 0 saturated heterocycles. The Labute approximate surface area is 47.4 Å². The summed E-state index contributed by atoms with van der Waals surface area (Å²) in [4.78, 5) is 0. The molecule has 0 nitrogen and oxygen atoms in total. The van der Waals surface area contributed by atoms with Gasteiger partial charge in [0.1, 0.15) is 0 Å². The molecule has 0 radical (unpaired) electrons. The SMILES string of the molecule is B=BB=B/C=C/C. The van der Waals surface area contributed by atoms with E-state index in [4.69, 9.17) is 0 Å². The Morgan fingerprint density at radius 3 is 2.71 bits per heavy atom. The molecule has 7 heavy (non-hydrogen) atoms. The molecule has 0 aliphatic carbocycles. The first-order chi connectivity index (χ1) is 3.41. The predicted octanol–water partition coefficient (Wildman–Crippen LogP) is -0.722. The van der Waals surface area contributed by atoms with E-state index in [1.54, 1.807) is 6.69 Å². The molecule has 0 heterocycles. The monoisotopic (exact) mass is 86.1 g/mol. The summed E-state index contributed by atoms with van der Waals surface area (Å²) in [5.74, 6) is 1.96. The molecule has 4 heteroatoms. The molecule has 0 aromatic rings. The van der Waals surface area contributed by atoms with Gasteiger partial charge in [-0.05, 0) is 0 Å². The third-order valence-electron chi connectivity index (χ3n) is 0.551. The maximum atomic E-state index is 3.51. The van der Waals surface area contributed by atoms with Crippen molar-refractivity contribution >= 4 is 27.6 Å². The summed E-state index contributed by atoms with van der Waals surface area (Å²) in [5, 5.41) is 0. The van der Waals surface area contributed by atoms with E-state index in [1.807, 2.05) is 32.5 Å². The predicted molar refractivity (Wildman–Crippen MR) is 39.2 cm³/mol. The Kier molecular flexibility index (Phi) is 6.00. The van der Waals surface area contributed by atoms with Crippen molar-refractivity contribution in [1.82, 2.24) is 0 Å². The van der Waals surface area contributed by atoms with Crippen LogP contribution in [0.15, 0.2) is 12.1 Å². The molecule has 30 valence electrons. The molecule has 0 atom stereocenters. The van der Waals surface area contributed by atoms with Crippen LogP contribution in [0.25, 0.3) is 0 Å². The van der Waals surface area contributed by atoms with Gasteiger partial charge < -0.3 is 0 Å². The van der Waals surface area contributed by atoms with E-state index in [0.717, 1.165) is 0 Å². The molecule has 0 fully saturated rings. The molecule has 0 rings (SSSR count). The van der Waals surface area contributed by atoms with Crippen LogP contribution in [0.5, 0.6) is 0 Å². The van der Waals surface area contributed by atoms with Gasteiger partial charge in [0.05, 0.1) is 0 Å². The minimum atomic E-state index is 1.75. The molecule has 0 aliphatic rings. The van der Waals surface area contributed by atoms with Gasteiger partial charge in [-0.15, -0.1) is 0 Å². The zero-order valence-electron chi connectivity index (χ0n) is 4.59. The Morgan fingerprint density at radius 2 is 2.29 bits per heavy atom. The number of allylic oxidation sites excluding steroid dienone is 1. The number of rotatable bonds is 2. The van der Waals surface area contributed by atoms with Crippen LogP contribution >= 0.6 is 0 Å². The molecule has 0 aromatic heterocycles. The van der Waals surface area contributed by atoms with Gasteiger partial charge in [0.25, 0.3) is 0 Å². The van der Waals surface area contributed by atoms with Gasteiger partial charge in [-0.2, -0.15) is 0 Å². The van der Waals surface area contributed by atoms with E-state index in [1.165, 1.54) is 0 Å². The third kappa shape index (κ3) is 6.00. The van der Waals surface area contributed by atoms with Crippen LogP contribution in [0.1, 0.15) is 6.92 Å². The van der Waals surface area contributed by atoms with Gasteiger partial charge in [0.15, 0.2) is 0 Å². The molecule has 0 aromatic carbocycles. The minimum absolute atomic E-state index is 1.75. The number of hydrogen-bond donors (Lipinski definition) is 0. The molecule has 0 spiro atoms. The summed E-state index contributed by atoms with van der Waals surface area (Å²) in [5.41, 5.74) is 0. The Hall–Kier alpha value is -0.000260. The first kappa shape index (κ1) is 7.00. The van der Waals surface area contributed by atoms with E-state index in [0.29, 0.717) is 0 Å². The van der Waals surface area contributed by atoms with Crippen molar-refractivity contribution in [2.24, 2.45) is 0 Å². The van der Waals surface area contributed by atoms with Crippen LogP contribution < -0.4 is 0 Å². The Bertz CT molecular complexity index is 93.1. The first-order valence-corrected chi connectivity index (χ1v) is 2.32. The van der Waals surface area contributed by atoms with Crippen LogP contribution in [-0.2, 0) is 0 Å². The van der Waals surface area contributed by atoms with Crippen LogP contribution in [-0.4, -0.2) is 27.6 Å². The van der Waals surface area contributed by atoms with Crippen molar-refractivity contribution in [2.75, 3.05) is 0 Å². The summed E-state index contributed by atoms with van der Waals surface area (Å²) in [6.45, 7) is 7.56. The van der Waals surface area contributed by atoms with Gasteiger partial charge in [0, 0.05) is 0 Å². The molecule has 0 saturated carbocycles. The van der Waals surface area contributed by atoms with Crippen molar-refractivity contribution in [3.63, 3.8) is 0 Å². The van der Waals surface area contributed by atoms with Gasteiger partial charge in [0.2, 0.25) is 0 Å². The van der Waals surface area contributed by atoms with Gasteiger partial charge >= 0.3 is 46.5 Å². The van der Waals surface area contributed by atoms with Crippen molar-refractivity contribution in [1.29, 1.82) is 0 Å². The summed E-state index contributed by atoms with van der Waals surface area (Å²) >= 11 is 0.